The number of piperazine rings is 1. The van der Waals surface area contributed by atoms with Crippen LogP contribution in [0.1, 0.15) is 51.8 Å². The Morgan fingerprint density at radius 3 is 2.36 bits per heavy atom. The molecule has 1 saturated heterocycles. The average molecular weight is 545 g/mol. The maximum absolute atomic E-state index is 14.9. The first kappa shape index (κ1) is 28.7. The predicted octanol–water partition coefficient (Wildman–Crippen LogP) is 3.90. The molecule has 0 radical (unpaired) electrons. The number of methoxy groups -OCH3 is 1. The number of alkyl halides is 2. The summed E-state index contributed by atoms with van der Waals surface area (Å²) < 4.78 is 36.5. The molecule has 1 atom stereocenters. The number of rotatable bonds is 8. The zero-order valence-electron chi connectivity index (χ0n) is 23.6. The highest BCUT2D eigenvalue weighted by Crippen LogP contribution is 2.40. The van der Waals surface area contributed by atoms with Crippen molar-refractivity contribution in [2.24, 2.45) is 7.05 Å². The number of aromatic nitrogens is 3. The van der Waals surface area contributed by atoms with Gasteiger partial charge < -0.3 is 20.1 Å². The van der Waals surface area contributed by atoms with Crippen molar-refractivity contribution in [3.63, 3.8) is 0 Å². The van der Waals surface area contributed by atoms with Gasteiger partial charge in [-0.25, -0.2) is 9.67 Å². The van der Waals surface area contributed by atoms with Crippen LogP contribution in [0.4, 0.5) is 20.3 Å². The Kier molecular flexibility index (Phi) is 7.86. The van der Waals surface area contributed by atoms with Crippen molar-refractivity contribution < 1.29 is 18.6 Å². The van der Waals surface area contributed by atoms with Gasteiger partial charge in [-0.05, 0) is 52.3 Å². The topological polar surface area (TPSA) is 95.7 Å². The lowest BCUT2D eigenvalue weighted by Gasteiger charge is -2.38. The first-order valence-corrected chi connectivity index (χ1v) is 13.2. The lowest BCUT2D eigenvalue weighted by atomic mass is 9.91. The van der Waals surface area contributed by atoms with Gasteiger partial charge >= 0.3 is 5.92 Å². The summed E-state index contributed by atoms with van der Waals surface area (Å²) in [5.41, 5.74) is -1.33. The van der Waals surface area contributed by atoms with Gasteiger partial charge in [-0.1, -0.05) is 18.2 Å². The summed E-state index contributed by atoms with van der Waals surface area (Å²) >= 11 is 0. The van der Waals surface area contributed by atoms with Gasteiger partial charge in [-0.2, -0.15) is 13.9 Å². The van der Waals surface area contributed by atoms with E-state index in [-0.39, 0.29) is 16.6 Å². The van der Waals surface area contributed by atoms with Gasteiger partial charge in [0.15, 0.2) is 5.82 Å². The Morgan fingerprint density at radius 2 is 1.77 bits per heavy atom. The highest BCUT2D eigenvalue weighted by molar-refractivity contribution is 5.92. The number of nitrogens with one attached hydrogen (secondary N) is 1. The molecular formula is C28H38F2N6O3. The molecule has 2 N–H and O–H groups in total. The van der Waals surface area contributed by atoms with Crippen molar-refractivity contribution >= 4 is 22.4 Å². The monoisotopic (exact) mass is 544 g/mol. The quantitative estimate of drug-likeness (QED) is 0.441. The standard InChI is InChI=1S/C28H38F2N6O3/c1-17(2)35-11-13-36(14-12-35)22-16-21-23(32-25(22)39-7)26(37)34(6)33-24(21)31-18(3)19-9-8-10-20(15-19)28(29,30)27(4,5)38/h8-10,15-18,38H,11-14H2,1-7H3,(H,31,33)/t18-/m1/s1. The van der Waals surface area contributed by atoms with Gasteiger partial charge in [0.05, 0.1) is 18.5 Å². The Bertz CT molecular complexity index is 1390. The second kappa shape index (κ2) is 10.7. The third-order valence-corrected chi connectivity index (χ3v) is 7.42. The number of aliphatic hydroxyl groups is 1. The molecule has 2 aromatic heterocycles. The van der Waals surface area contributed by atoms with Crippen LogP contribution in [-0.2, 0) is 13.0 Å². The first-order chi connectivity index (χ1) is 18.2. The van der Waals surface area contributed by atoms with Crippen LogP contribution in [-0.4, -0.2) is 69.7 Å². The van der Waals surface area contributed by atoms with Gasteiger partial charge in [-0.3, -0.25) is 9.69 Å². The summed E-state index contributed by atoms with van der Waals surface area (Å²) in [6.07, 6.45) is 0. The van der Waals surface area contributed by atoms with E-state index in [1.807, 2.05) is 13.0 Å². The molecule has 0 unspecified atom stereocenters. The molecule has 1 aliphatic heterocycles. The molecule has 0 bridgehead atoms. The minimum atomic E-state index is -3.45. The third kappa shape index (κ3) is 5.56. The third-order valence-electron chi connectivity index (χ3n) is 7.42. The van der Waals surface area contributed by atoms with Crippen LogP contribution in [0, 0.1) is 0 Å². The van der Waals surface area contributed by atoms with E-state index in [2.05, 4.69) is 39.0 Å². The second-order valence-electron chi connectivity index (χ2n) is 10.9. The molecule has 1 aromatic carbocycles. The summed E-state index contributed by atoms with van der Waals surface area (Å²) in [7, 11) is 3.07. The molecule has 3 heterocycles. The van der Waals surface area contributed by atoms with Crippen molar-refractivity contribution in [2.45, 2.75) is 58.2 Å². The average Bonchev–Trinajstić information content (AvgIpc) is 2.90. The highest BCUT2D eigenvalue weighted by Gasteiger charge is 2.47. The summed E-state index contributed by atoms with van der Waals surface area (Å²) in [6.45, 7) is 11.7. The molecule has 3 aromatic rings. The molecule has 9 nitrogen and oxygen atoms in total. The number of hydrogen-bond acceptors (Lipinski definition) is 8. The largest absolute Gasteiger partial charge is 0.480 e. The number of nitrogens with zero attached hydrogens (tertiary/aromatic N) is 5. The molecule has 39 heavy (non-hydrogen) atoms. The molecule has 4 rings (SSSR count). The lowest BCUT2D eigenvalue weighted by molar-refractivity contribution is -0.168. The van der Waals surface area contributed by atoms with Gasteiger partial charge in [-0.15, -0.1) is 0 Å². The number of anilines is 2. The van der Waals surface area contributed by atoms with E-state index < -0.39 is 17.6 Å². The van der Waals surface area contributed by atoms with Gasteiger partial charge in [0.2, 0.25) is 5.88 Å². The van der Waals surface area contributed by atoms with E-state index in [0.717, 1.165) is 45.7 Å². The van der Waals surface area contributed by atoms with Crippen LogP contribution in [0.5, 0.6) is 5.88 Å². The van der Waals surface area contributed by atoms with E-state index in [4.69, 9.17) is 4.74 Å². The van der Waals surface area contributed by atoms with Crippen molar-refractivity contribution in [2.75, 3.05) is 43.5 Å². The maximum Gasteiger partial charge on any atom is 0.300 e. The minimum absolute atomic E-state index is 0.200. The number of hydrogen-bond donors (Lipinski definition) is 2. The summed E-state index contributed by atoms with van der Waals surface area (Å²) in [5.74, 6) is -2.68. The van der Waals surface area contributed by atoms with Crippen LogP contribution in [0.3, 0.4) is 0 Å². The van der Waals surface area contributed by atoms with E-state index >= 15 is 0 Å². The summed E-state index contributed by atoms with van der Waals surface area (Å²) in [6, 6.07) is 7.82. The van der Waals surface area contributed by atoms with E-state index in [9.17, 15) is 18.7 Å². The number of halogens is 2. The molecule has 0 aliphatic carbocycles. The van der Waals surface area contributed by atoms with Gasteiger partial charge in [0, 0.05) is 44.8 Å². The summed E-state index contributed by atoms with van der Waals surface area (Å²) in [5, 5.41) is 18.3. The first-order valence-electron chi connectivity index (χ1n) is 13.2. The Morgan fingerprint density at radius 1 is 1.10 bits per heavy atom. The normalized spacial score (nSPS) is 16.1. The van der Waals surface area contributed by atoms with Crippen molar-refractivity contribution in [1.29, 1.82) is 0 Å². The number of ether oxygens (including phenoxy) is 1. The number of aryl methyl sites for hydroxylation is 1. The smallest absolute Gasteiger partial charge is 0.300 e. The van der Waals surface area contributed by atoms with Crippen molar-refractivity contribution in [3.8, 4) is 5.88 Å². The fourth-order valence-electron chi connectivity index (χ4n) is 4.84. The number of pyridine rings is 1. The fourth-order valence-corrected chi connectivity index (χ4v) is 4.84. The molecule has 0 spiro atoms. The minimum Gasteiger partial charge on any atom is -0.480 e. The molecule has 1 fully saturated rings. The van der Waals surface area contributed by atoms with E-state index in [0.29, 0.717) is 28.7 Å². The molecule has 212 valence electrons. The van der Waals surface area contributed by atoms with Gasteiger partial charge in [0.1, 0.15) is 16.8 Å². The molecule has 0 saturated carbocycles. The molecule has 0 amide bonds. The van der Waals surface area contributed by atoms with Gasteiger partial charge in [0.25, 0.3) is 5.56 Å². The number of benzene rings is 1. The van der Waals surface area contributed by atoms with E-state index in [1.54, 1.807) is 6.07 Å². The van der Waals surface area contributed by atoms with Crippen LogP contribution in [0.25, 0.3) is 10.9 Å². The highest BCUT2D eigenvalue weighted by atomic mass is 19.3. The Labute approximate surface area is 227 Å². The second-order valence-corrected chi connectivity index (χ2v) is 10.9. The molecular weight excluding hydrogens is 506 g/mol. The van der Waals surface area contributed by atoms with Crippen LogP contribution in [0.2, 0.25) is 0 Å². The molecule has 1 aliphatic rings. The molecule has 11 heteroatoms. The van der Waals surface area contributed by atoms with Crippen molar-refractivity contribution in [3.05, 3.63) is 51.8 Å². The summed E-state index contributed by atoms with van der Waals surface area (Å²) in [4.78, 5) is 22.2. The zero-order valence-corrected chi connectivity index (χ0v) is 23.6. The number of fused-ring (bicyclic) bond motifs is 1. The maximum atomic E-state index is 14.9. The van der Waals surface area contributed by atoms with E-state index in [1.165, 1.54) is 37.0 Å². The Balaban J connectivity index is 1.73. The lowest BCUT2D eigenvalue weighted by Crippen LogP contribution is -2.49. The Hall–Kier alpha value is -3.31. The predicted molar refractivity (Wildman–Crippen MR) is 149 cm³/mol. The van der Waals surface area contributed by atoms with Crippen LogP contribution in [0.15, 0.2) is 35.1 Å². The van der Waals surface area contributed by atoms with Crippen LogP contribution < -0.4 is 20.5 Å². The van der Waals surface area contributed by atoms with Crippen LogP contribution >= 0.6 is 0 Å². The SMILES string of the molecule is COc1nc2c(=O)n(C)nc(N[C@H](C)c3cccc(C(F)(F)C(C)(C)O)c3)c2cc1N1CCN(C(C)C)CC1. The van der Waals surface area contributed by atoms with Crippen molar-refractivity contribution in [1.82, 2.24) is 19.7 Å². The zero-order chi connectivity index (χ0) is 28.7. The fraction of sp³-hybridized carbons (Fsp3) is 0.536.